The molecular formula is C14H21ClN4O. The van der Waals surface area contributed by atoms with Gasteiger partial charge in [-0.05, 0) is 26.2 Å². The molecule has 0 radical (unpaired) electrons. The maximum Gasteiger partial charge on any atom is 0.257 e. The van der Waals surface area contributed by atoms with Crippen molar-refractivity contribution in [2.45, 2.75) is 0 Å². The number of carbonyl (C=O) groups excluding carboxylic acids is 1. The smallest absolute Gasteiger partial charge is 0.257 e. The van der Waals surface area contributed by atoms with Gasteiger partial charge in [0, 0.05) is 45.5 Å². The van der Waals surface area contributed by atoms with Crippen molar-refractivity contribution in [3.8, 4) is 0 Å². The van der Waals surface area contributed by atoms with E-state index in [0.29, 0.717) is 5.56 Å². The van der Waals surface area contributed by atoms with Crippen LogP contribution in [0.5, 0.6) is 0 Å². The molecule has 1 aliphatic rings. The molecule has 110 valence electrons. The maximum absolute atomic E-state index is 12.4. The van der Waals surface area contributed by atoms with E-state index in [4.69, 9.17) is 11.6 Å². The van der Waals surface area contributed by atoms with Crippen LogP contribution in [0.2, 0.25) is 5.15 Å². The van der Waals surface area contributed by atoms with Gasteiger partial charge in [-0.3, -0.25) is 9.69 Å². The zero-order chi connectivity index (χ0) is 14.5. The SMILES string of the molecule is CN(C)CCN1CCN(C(=O)c2cccnc2Cl)CC1. The van der Waals surface area contributed by atoms with Crippen LogP contribution in [-0.4, -0.2) is 79.0 Å². The van der Waals surface area contributed by atoms with Crippen LogP contribution in [0.25, 0.3) is 0 Å². The highest BCUT2D eigenvalue weighted by atomic mass is 35.5. The number of halogens is 1. The first-order valence-corrected chi connectivity index (χ1v) is 7.22. The summed E-state index contributed by atoms with van der Waals surface area (Å²) in [7, 11) is 4.15. The fourth-order valence-corrected chi connectivity index (χ4v) is 2.43. The monoisotopic (exact) mass is 296 g/mol. The van der Waals surface area contributed by atoms with E-state index in [9.17, 15) is 4.79 Å². The summed E-state index contributed by atoms with van der Waals surface area (Å²) in [4.78, 5) is 22.7. The lowest BCUT2D eigenvalue weighted by Crippen LogP contribution is -2.50. The van der Waals surface area contributed by atoms with Crippen molar-refractivity contribution in [3.63, 3.8) is 0 Å². The van der Waals surface area contributed by atoms with E-state index in [1.165, 1.54) is 0 Å². The zero-order valence-electron chi connectivity index (χ0n) is 12.0. The number of carbonyl (C=O) groups is 1. The number of rotatable bonds is 4. The summed E-state index contributed by atoms with van der Waals surface area (Å²) in [6, 6.07) is 3.47. The molecule has 1 aliphatic heterocycles. The number of amides is 1. The molecule has 0 bridgehead atoms. The Labute approximate surface area is 125 Å². The molecule has 20 heavy (non-hydrogen) atoms. The molecule has 5 nitrogen and oxygen atoms in total. The van der Waals surface area contributed by atoms with Gasteiger partial charge in [0.1, 0.15) is 5.15 Å². The third-order valence-electron chi connectivity index (χ3n) is 3.51. The Morgan fingerprint density at radius 2 is 2.05 bits per heavy atom. The van der Waals surface area contributed by atoms with Crippen LogP contribution in [0.1, 0.15) is 10.4 Å². The Kier molecular flexibility index (Phi) is 5.34. The van der Waals surface area contributed by atoms with Gasteiger partial charge < -0.3 is 9.80 Å². The number of piperazine rings is 1. The fraction of sp³-hybridized carbons (Fsp3) is 0.571. The van der Waals surface area contributed by atoms with Crippen molar-refractivity contribution in [1.82, 2.24) is 19.7 Å². The first-order valence-electron chi connectivity index (χ1n) is 6.85. The topological polar surface area (TPSA) is 39.7 Å². The molecule has 0 spiro atoms. The summed E-state index contributed by atoms with van der Waals surface area (Å²) in [5, 5.41) is 0.285. The molecule has 0 N–H and O–H groups in total. The first-order chi connectivity index (χ1) is 9.58. The van der Waals surface area contributed by atoms with Gasteiger partial charge in [0.05, 0.1) is 5.56 Å². The second kappa shape index (κ2) is 7.02. The molecule has 0 aromatic carbocycles. The lowest BCUT2D eigenvalue weighted by molar-refractivity contribution is 0.0629. The molecule has 1 saturated heterocycles. The average Bonchev–Trinajstić information content (AvgIpc) is 2.45. The highest BCUT2D eigenvalue weighted by Gasteiger charge is 2.23. The largest absolute Gasteiger partial charge is 0.336 e. The second-order valence-corrected chi connectivity index (χ2v) is 5.64. The lowest BCUT2D eigenvalue weighted by Gasteiger charge is -2.35. The third-order valence-corrected chi connectivity index (χ3v) is 3.81. The second-order valence-electron chi connectivity index (χ2n) is 5.28. The van der Waals surface area contributed by atoms with Gasteiger partial charge in [-0.15, -0.1) is 0 Å². The maximum atomic E-state index is 12.4. The number of pyridine rings is 1. The standard InChI is InChI=1S/C14H21ClN4O/c1-17(2)6-7-18-8-10-19(11-9-18)14(20)12-4-3-5-16-13(12)15/h3-5H,6-11H2,1-2H3. The van der Waals surface area contributed by atoms with Crippen molar-refractivity contribution >= 4 is 17.5 Å². The summed E-state index contributed by atoms with van der Waals surface area (Å²) >= 11 is 5.98. The summed E-state index contributed by atoms with van der Waals surface area (Å²) in [5.41, 5.74) is 0.496. The lowest BCUT2D eigenvalue weighted by atomic mass is 10.2. The molecule has 2 rings (SSSR count). The van der Waals surface area contributed by atoms with Gasteiger partial charge in [0.15, 0.2) is 0 Å². The van der Waals surface area contributed by atoms with Gasteiger partial charge in [0.25, 0.3) is 5.91 Å². The first kappa shape index (κ1) is 15.2. The van der Waals surface area contributed by atoms with Crippen LogP contribution in [0.3, 0.4) is 0 Å². The van der Waals surface area contributed by atoms with Crippen LogP contribution < -0.4 is 0 Å². The summed E-state index contributed by atoms with van der Waals surface area (Å²) in [6.45, 7) is 5.41. The van der Waals surface area contributed by atoms with Crippen LogP contribution in [0.4, 0.5) is 0 Å². The van der Waals surface area contributed by atoms with Crippen molar-refractivity contribution in [1.29, 1.82) is 0 Å². The van der Waals surface area contributed by atoms with E-state index < -0.39 is 0 Å². The molecule has 0 saturated carbocycles. The molecule has 1 fully saturated rings. The van der Waals surface area contributed by atoms with Crippen molar-refractivity contribution in [2.75, 3.05) is 53.4 Å². The van der Waals surface area contributed by atoms with E-state index in [1.54, 1.807) is 18.3 Å². The minimum Gasteiger partial charge on any atom is -0.336 e. The molecule has 6 heteroatoms. The van der Waals surface area contributed by atoms with E-state index in [2.05, 4.69) is 28.9 Å². The number of likely N-dealkylation sites (N-methyl/N-ethyl adjacent to an activating group) is 1. The Morgan fingerprint density at radius 3 is 2.65 bits per heavy atom. The molecule has 1 aromatic rings. The van der Waals surface area contributed by atoms with Crippen LogP contribution >= 0.6 is 11.6 Å². The van der Waals surface area contributed by atoms with Crippen LogP contribution in [0.15, 0.2) is 18.3 Å². The molecule has 0 unspecified atom stereocenters. The number of hydrogen-bond acceptors (Lipinski definition) is 4. The molecule has 0 aliphatic carbocycles. The highest BCUT2D eigenvalue weighted by Crippen LogP contribution is 2.15. The Balaban J connectivity index is 1.88. The quantitative estimate of drug-likeness (QED) is 0.779. The molecule has 1 aromatic heterocycles. The predicted octanol–water partition coefficient (Wildman–Crippen LogP) is 1.05. The van der Waals surface area contributed by atoms with E-state index in [0.717, 1.165) is 39.3 Å². The normalized spacial score (nSPS) is 16.7. The number of hydrogen-bond donors (Lipinski definition) is 0. The number of nitrogens with zero attached hydrogens (tertiary/aromatic N) is 4. The van der Waals surface area contributed by atoms with Gasteiger partial charge in [-0.1, -0.05) is 11.6 Å². The minimum atomic E-state index is -0.0182. The highest BCUT2D eigenvalue weighted by molar-refractivity contribution is 6.32. The van der Waals surface area contributed by atoms with Gasteiger partial charge in [-0.2, -0.15) is 0 Å². The minimum absolute atomic E-state index is 0.0182. The number of aromatic nitrogens is 1. The molecule has 0 atom stereocenters. The zero-order valence-corrected chi connectivity index (χ0v) is 12.8. The van der Waals surface area contributed by atoms with Crippen molar-refractivity contribution in [2.24, 2.45) is 0 Å². The summed E-state index contributed by atoms with van der Waals surface area (Å²) in [6.07, 6.45) is 1.60. The van der Waals surface area contributed by atoms with Crippen molar-refractivity contribution in [3.05, 3.63) is 29.0 Å². The molecule has 1 amide bonds. The van der Waals surface area contributed by atoms with Gasteiger partial charge in [-0.25, -0.2) is 4.98 Å². The third kappa shape index (κ3) is 3.91. The van der Waals surface area contributed by atoms with Crippen molar-refractivity contribution < 1.29 is 4.79 Å². The Bertz CT molecular complexity index is 458. The van der Waals surface area contributed by atoms with Gasteiger partial charge in [0.2, 0.25) is 0 Å². The van der Waals surface area contributed by atoms with Crippen LogP contribution in [0, 0.1) is 0 Å². The molecule has 2 heterocycles. The van der Waals surface area contributed by atoms with Crippen LogP contribution in [-0.2, 0) is 0 Å². The summed E-state index contributed by atoms with van der Waals surface area (Å²) in [5.74, 6) is -0.0182. The average molecular weight is 297 g/mol. The Hall–Kier alpha value is -1.17. The van der Waals surface area contributed by atoms with E-state index in [-0.39, 0.29) is 11.1 Å². The van der Waals surface area contributed by atoms with Gasteiger partial charge >= 0.3 is 0 Å². The van der Waals surface area contributed by atoms with E-state index >= 15 is 0 Å². The fourth-order valence-electron chi connectivity index (χ4n) is 2.23. The summed E-state index contributed by atoms with van der Waals surface area (Å²) < 4.78 is 0. The van der Waals surface area contributed by atoms with E-state index in [1.807, 2.05) is 4.90 Å². The molecular weight excluding hydrogens is 276 g/mol. The Morgan fingerprint density at radius 1 is 1.35 bits per heavy atom. The predicted molar refractivity (Wildman–Crippen MR) is 80.1 cm³/mol.